The summed E-state index contributed by atoms with van der Waals surface area (Å²) in [6, 6.07) is 40.5. The molecule has 0 unspecified atom stereocenters. The molecule has 4 heteroatoms. The first-order valence-electron chi connectivity index (χ1n) is 10.6. The maximum Gasteiger partial charge on any atom is 0.205 e. The van der Waals surface area contributed by atoms with Crippen molar-refractivity contribution in [1.82, 2.24) is 5.09 Å². The van der Waals surface area contributed by atoms with Gasteiger partial charge in [0, 0.05) is 10.6 Å². The van der Waals surface area contributed by atoms with E-state index in [4.69, 9.17) is 0 Å². The number of nitrogens with zero attached hydrogens (tertiary/aromatic N) is 1. The van der Waals surface area contributed by atoms with Gasteiger partial charge in [0.05, 0.1) is 17.5 Å². The van der Waals surface area contributed by atoms with Crippen molar-refractivity contribution in [3.63, 3.8) is 0 Å². The van der Waals surface area contributed by atoms with E-state index in [1.807, 2.05) is 128 Å². The number of hydrogen-bond acceptors (Lipinski definition) is 2. The van der Waals surface area contributed by atoms with Gasteiger partial charge >= 0.3 is 0 Å². The lowest BCUT2D eigenvalue weighted by Crippen LogP contribution is -2.41. The van der Waals surface area contributed by atoms with Crippen molar-refractivity contribution in [2.24, 2.45) is 0 Å². The largest absolute Gasteiger partial charge is 0.297 e. The molecule has 0 aromatic heterocycles. The van der Waals surface area contributed by atoms with Crippen LogP contribution in [0, 0.1) is 11.3 Å². The summed E-state index contributed by atoms with van der Waals surface area (Å²) in [4.78, 5) is 0. The van der Waals surface area contributed by atoms with Gasteiger partial charge in [-0.2, -0.15) is 5.26 Å². The molecule has 0 aliphatic heterocycles. The van der Waals surface area contributed by atoms with E-state index in [0.29, 0.717) is 10.6 Å². The normalized spacial score (nSPS) is 14.1. The molecule has 0 aliphatic rings. The Hall–Kier alpha value is -3.44. The zero-order valence-electron chi connectivity index (χ0n) is 17.9. The predicted octanol–water partition coefficient (Wildman–Crippen LogP) is 5.73. The molecule has 4 rings (SSSR count). The Labute approximate surface area is 189 Å². The lowest BCUT2D eigenvalue weighted by atomic mass is 9.75. The van der Waals surface area contributed by atoms with Crippen LogP contribution in [-0.4, -0.2) is 0 Å². The summed E-state index contributed by atoms with van der Waals surface area (Å²) in [5.74, 6) is 0. The minimum absolute atomic E-state index is 0.512. The van der Waals surface area contributed by atoms with Gasteiger partial charge in [-0.25, -0.2) is 0 Å². The first-order valence-corrected chi connectivity index (χ1v) is 12.3. The Kier molecular flexibility index (Phi) is 6.37. The first kappa shape index (κ1) is 21.8. The second-order valence-corrected chi connectivity index (χ2v) is 10.4. The molecule has 3 nitrogen and oxygen atoms in total. The van der Waals surface area contributed by atoms with E-state index < -0.39 is 18.7 Å². The third-order valence-electron chi connectivity index (χ3n) is 5.87. The Morgan fingerprint density at radius 2 is 1.12 bits per heavy atom. The third-order valence-corrected chi connectivity index (χ3v) is 8.54. The minimum Gasteiger partial charge on any atom is -0.297 e. The van der Waals surface area contributed by atoms with Crippen LogP contribution in [0.5, 0.6) is 0 Å². The topological polar surface area (TPSA) is 52.9 Å². The van der Waals surface area contributed by atoms with Crippen LogP contribution >= 0.6 is 7.29 Å². The number of hydrogen-bond donors (Lipinski definition) is 1. The highest BCUT2D eigenvalue weighted by atomic mass is 31.2. The van der Waals surface area contributed by atoms with Gasteiger partial charge in [-0.3, -0.25) is 9.65 Å². The fraction of sp³-hybridized carbons (Fsp3) is 0.107. The molecule has 0 saturated heterocycles. The average Bonchev–Trinajstić information content (AvgIpc) is 2.89. The summed E-state index contributed by atoms with van der Waals surface area (Å²) < 4.78 is 14.8. The van der Waals surface area contributed by atoms with Crippen molar-refractivity contribution in [2.75, 3.05) is 0 Å². The predicted molar refractivity (Wildman–Crippen MR) is 131 cm³/mol. The molecule has 4 aromatic carbocycles. The zero-order chi connectivity index (χ0) is 22.4. The molecule has 0 spiro atoms. The molecule has 1 N–H and O–H groups in total. The van der Waals surface area contributed by atoms with Crippen molar-refractivity contribution in [2.45, 2.75) is 18.4 Å². The summed E-state index contributed by atoms with van der Waals surface area (Å²) in [5, 5.41) is 15.3. The highest BCUT2D eigenvalue weighted by Crippen LogP contribution is 2.47. The first-order chi connectivity index (χ1) is 15.6. The highest BCUT2D eigenvalue weighted by molar-refractivity contribution is 7.76. The van der Waals surface area contributed by atoms with Gasteiger partial charge in [-0.05, 0) is 42.3 Å². The van der Waals surface area contributed by atoms with E-state index in [1.165, 1.54) is 0 Å². The van der Waals surface area contributed by atoms with E-state index in [9.17, 15) is 9.83 Å². The summed E-state index contributed by atoms with van der Waals surface area (Å²) in [5.41, 5.74) is 0.825. The molecule has 0 bridgehead atoms. The fourth-order valence-corrected chi connectivity index (χ4v) is 6.57. The molecule has 158 valence electrons. The van der Waals surface area contributed by atoms with Crippen LogP contribution in [0.25, 0.3) is 0 Å². The number of rotatable bonds is 7. The van der Waals surface area contributed by atoms with Crippen molar-refractivity contribution in [3.05, 3.63) is 132 Å². The quantitative estimate of drug-likeness (QED) is 0.377. The van der Waals surface area contributed by atoms with E-state index in [2.05, 4.69) is 11.2 Å². The fourth-order valence-electron chi connectivity index (χ4n) is 4.02. The van der Waals surface area contributed by atoms with Crippen LogP contribution < -0.4 is 15.7 Å². The average molecular weight is 436 g/mol. The lowest BCUT2D eigenvalue weighted by Gasteiger charge is -2.36. The highest BCUT2D eigenvalue weighted by Gasteiger charge is 2.42. The Balaban J connectivity index is 1.92. The van der Waals surface area contributed by atoms with Crippen molar-refractivity contribution in [1.29, 1.82) is 5.26 Å². The minimum atomic E-state index is -3.28. The third kappa shape index (κ3) is 4.16. The van der Waals surface area contributed by atoms with Crippen LogP contribution in [0.3, 0.4) is 0 Å². The molecule has 0 saturated carbocycles. The molecule has 0 aliphatic carbocycles. The Morgan fingerprint density at radius 3 is 1.56 bits per heavy atom. The molecular weight excluding hydrogens is 411 g/mol. The summed E-state index contributed by atoms with van der Waals surface area (Å²) in [6.07, 6.45) is 0. The van der Waals surface area contributed by atoms with Gasteiger partial charge in [0.15, 0.2) is 0 Å². The van der Waals surface area contributed by atoms with Gasteiger partial charge in [0.25, 0.3) is 0 Å². The second-order valence-electron chi connectivity index (χ2n) is 7.93. The summed E-state index contributed by atoms with van der Waals surface area (Å²) >= 11 is 0. The molecule has 0 heterocycles. The van der Waals surface area contributed by atoms with Gasteiger partial charge in [-0.1, -0.05) is 97.1 Å². The van der Waals surface area contributed by atoms with Gasteiger partial charge in [0.1, 0.15) is 0 Å². The van der Waals surface area contributed by atoms with Gasteiger partial charge in [-0.15, -0.1) is 0 Å². The second kappa shape index (κ2) is 9.37. The maximum atomic E-state index is 14.8. The van der Waals surface area contributed by atoms with Gasteiger partial charge < -0.3 is 0 Å². The molecule has 2 atom stereocenters. The van der Waals surface area contributed by atoms with Crippen molar-refractivity contribution < 1.29 is 4.57 Å². The molecule has 0 radical (unpaired) electrons. The van der Waals surface area contributed by atoms with Crippen LogP contribution in [0.2, 0.25) is 0 Å². The molecule has 0 amide bonds. The van der Waals surface area contributed by atoms with Crippen LogP contribution in [0.4, 0.5) is 0 Å². The number of benzene rings is 4. The standard InChI is InChI=1S/C28H25N2OP/c1-28(22-29,24-16-8-3-9-17-24)27(23-14-6-2-7-15-23)30-32(31,25-18-10-4-11-19-25)26-20-12-5-13-21-26/h2-21,27H,1H3,(H,30,31)/t27-,28-/m1/s1. The number of nitriles is 1. The zero-order valence-corrected chi connectivity index (χ0v) is 18.8. The Morgan fingerprint density at radius 1 is 0.719 bits per heavy atom. The Bertz CT molecular complexity index is 1190. The van der Waals surface area contributed by atoms with Crippen molar-refractivity contribution in [3.8, 4) is 6.07 Å². The van der Waals surface area contributed by atoms with Crippen LogP contribution in [0.15, 0.2) is 121 Å². The molecular formula is C28H25N2OP. The van der Waals surface area contributed by atoms with Crippen LogP contribution in [0.1, 0.15) is 24.1 Å². The van der Waals surface area contributed by atoms with E-state index >= 15 is 0 Å². The maximum absolute atomic E-state index is 14.8. The van der Waals surface area contributed by atoms with E-state index in [1.54, 1.807) is 0 Å². The SMILES string of the molecule is C[C@@](C#N)(c1ccccc1)[C@H](NP(=O)(c1ccccc1)c1ccccc1)c1ccccc1. The molecule has 4 aromatic rings. The number of nitrogens with one attached hydrogen (secondary N) is 1. The van der Waals surface area contributed by atoms with E-state index in [-0.39, 0.29) is 0 Å². The molecule has 0 fully saturated rings. The summed E-state index contributed by atoms with van der Waals surface area (Å²) in [6.45, 7) is 1.91. The summed E-state index contributed by atoms with van der Waals surface area (Å²) in [7, 11) is -3.28. The molecule has 32 heavy (non-hydrogen) atoms. The van der Waals surface area contributed by atoms with Crippen LogP contribution in [-0.2, 0) is 9.98 Å². The monoisotopic (exact) mass is 436 g/mol. The smallest absolute Gasteiger partial charge is 0.205 e. The van der Waals surface area contributed by atoms with Crippen molar-refractivity contribution >= 4 is 17.9 Å². The lowest BCUT2D eigenvalue weighted by molar-refractivity contribution is 0.446. The van der Waals surface area contributed by atoms with Gasteiger partial charge in [0.2, 0.25) is 7.29 Å². The van der Waals surface area contributed by atoms with E-state index in [0.717, 1.165) is 11.1 Å².